The molecular weight excluding hydrogens is 317 g/mol. The smallest absolute Gasteiger partial charge is 0.324 e. The number of aliphatic hydroxyl groups excluding tert-OH is 1. The molecule has 1 N–H and O–H groups in total. The average molecular weight is 328 g/mol. The fraction of sp³-hybridized carbons (Fsp3) is 0.400. The second-order valence-electron chi connectivity index (χ2n) is 3.82. The summed E-state index contributed by atoms with van der Waals surface area (Å²) in [7, 11) is -4.74. The quantitative estimate of drug-likeness (QED) is 0.594. The molecule has 1 rings (SSSR count). The molecule has 7 nitrogen and oxygen atoms in total. The van der Waals surface area contributed by atoms with E-state index >= 15 is 0 Å². The Hall–Kier alpha value is -1.72. The zero-order chi connectivity index (χ0) is 16.2. The van der Waals surface area contributed by atoms with Gasteiger partial charge in [-0.15, -0.1) is 0 Å². The molecule has 1 aromatic carbocycles. The minimum absolute atomic E-state index is 0.166. The van der Waals surface area contributed by atoms with Gasteiger partial charge in [-0.3, -0.25) is 10.1 Å². The number of halogens is 3. The SMILES string of the molecule is O=[N+]([O-])c1c(F)cccc1S(=O)(=O)N(CCO)CC(F)F. The lowest BCUT2D eigenvalue weighted by molar-refractivity contribution is -0.390. The van der Waals surface area contributed by atoms with Gasteiger partial charge in [0.25, 0.3) is 6.43 Å². The number of para-hydroxylation sites is 1. The Bertz CT molecular complexity index is 623. The molecule has 0 unspecified atom stereocenters. The van der Waals surface area contributed by atoms with Gasteiger partial charge in [-0.25, -0.2) is 17.2 Å². The third kappa shape index (κ3) is 3.89. The van der Waals surface area contributed by atoms with Crippen LogP contribution < -0.4 is 0 Å². The summed E-state index contributed by atoms with van der Waals surface area (Å²) in [5.74, 6) is -1.40. The van der Waals surface area contributed by atoms with Gasteiger partial charge >= 0.3 is 5.69 Å². The second kappa shape index (κ2) is 6.83. The molecule has 0 saturated heterocycles. The Labute approximate surface area is 117 Å². The Morgan fingerprint density at radius 1 is 1.38 bits per heavy atom. The van der Waals surface area contributed by atoms with Crippen LogP contribution >= 0.6 is 0 Å². The fourth-order valence-corrected chi connectivity index (χ4v) is 3.17. The Balaban J connectivity index is 3.41. The maximum Gasteiger partial charge on any atom is 0.324 e. The molecule has 0 aliphatic heterocycles. The lowest BCUT2D eigenvalue weighted by Crippen LogP contribution is -2.37. The van der Waals surface area contributed by atoms with Crippen molar-refractivity contribution in [2.75, 3.05) is 19.7 Å². The predicted octanol–water partition coefficient (Wildman–Crippen LogP) is 0.982. The lowest BCUT2D eigenvalue weighted by Gasteiger charge is -2.20. The van der Waals surface area contributed by atoms with Gasteiger partial charge in [0.05, 0.1) is 18.1 Å². The molecule has 0 aliphatic carbocycles. The zero-order valence-electron chi connectivity index (χ0n) is 10.4. The van der Waals surface area contributed by atoms with Gasteiger partial charge in [-0.05, 0) is 12.1 Å². The third-order valence-electron chi connectivity index (χ3n) is 2.44. The molecule has 0 saturated carbocycles. The number of nitro benzene ring substituents is 1. The first-order valence-electron chi connectivity index (χ1n) is 5.54. The number of benzene rings is 1. The molecule has 11 heteroatoms. The molecule has 0 bridgehead atoms. The molecule has 0 aromatic heterocycles. The first kappa shape index (κ1) is 17.3. The fourth-order valence-electron chi connectivity index (χ4n) is 1.60. The molecule has 0 fully saturated rings. The van der Waals surface area contributed by atoms with Gasteiger partial charge in [0.15, 0.2) is 4.90 Å². The molecule has 0 radical (unpaired) electrons. The van der Waals surface area contributed by atoms with E-state index in [4.69, 9.17) is 5.11 Å². The van der Waals surface area contributed by atoms with E-state index in [1.165, 1.54) is 0 Å². The summed E-state index contributed by atoms with van der Waals surface area (Å²) in [6.07, 6.45) is -3.06. The van der Waals surface area contributed by atoms with Gasteiger partial charge in [0, 0.05) is 6.54 Å². The normalized spacial score (nSPS) is 12.1. The van der Waals surface area contributed by atoms with E-state index in [-0.39, 0.29) is 4.31 Å². The van der Waals surface area contributed by atoms with E-state index in [9.17, 15) is 31.7 Å². The highest BCUT2D eigenvalue weighted by molar-refractivity contribution is 7.89. The van der Waals surface area contributed by atoms with Crippen LogP contribution in [0.15, 0.2) is 23.1 Å². The minimum atomic E-state index is -4.74. The Kier molecular flexibility index (Phi) is 5.63. The Morgan fingerprint density at radius 2 is 2.00 bits per heavy atom. The summed E-state index contributed by atoms with van der Waals surface area (Å²) in [5.41, 5.74) is -1.32. The van der Waals surface area contributed by atoms with Crippen LogP contribution in [0, 0.1) is 15.9 Å². The highest BCUT2D eigenvalue weighted by Gasteiger charge is 2.35. The summed E-state index contributed by atoms with van der Waals surface area (Å²) in [4.78, 5) is 8.49. The number of alkyl halides is 2. The molecule has 0 amide bonds. The van der Waals surface area contributed by atoms with Crippen LogP contribution in [0.4, 0.5) is 18.9 Å². The number of rotatable bonds is 7. The molecule has 0 heterocycles. The van der Waals surface area contributed by atoms with Gasteiger partial charge in [0.1, 0.15) is 0 Å². The third-order valence-corrected chi connectivity index (χ3v) is 4.34. The number of hydrogen-bond acceptors (Lipinski definition) is 5. The van der Waals surface area contributed by atoms with E-state index in [1.54, 1.807) is 0 Å². The number of nitro groups is 1. The van der Waals surface area contributed by atoms with Crippen LogP contribution in [0.1, 0.15) is 0 Å². The van der Waals surface area contributed by atoms with Crippen molar-refractivity contribution < 1.29 is 31.6 Å². The van der Waals surface area contributed by atoms with Crippen molar-refractivity contribution in [3.8, 4) is 0 Å². The van der Waals surface area contributed by atoms with Crippen LogP contribution in [-0.4, -0.2) is 48.9 Å². The number of nitrogens with zero attached hydrogens (tertiary/aromatic N) is 2. The average Bonchev–Trinajstić information content (AvgIpc) is 2.36. The molecule has 21 heavy (non-hydrogen) atoms. The van der Waals surface area contributed by atoms with Crippen LogP contribution in [0.2, 0.25) is 0 Å². The summed E-state index contributed by atoms with van der Waals surface area (Å²) in [5, 5.41) is 19.5. The molecule has 0 aliphatic rings. The second-order valence-corrected chi connectivity index (χ2v) is 5.73. The zero-order valence-corrected chi connectivity index (χ0v) is 11.3. The van der Waals surface area contributed by atoms with Crippen molar-refractivity contribution in [3.63, 3.8) is 0 Å². The van der Waals surface area contributed by atoms with E-state index < -0.39 is 57.5 Å². The van der Waals surface area contributed by atoms with Crippen molar-refractivity contribution in [3.05, 3.63) is 34.1 Å². The highest BCUT2D eigenvalue weighted by Crippen LogP contribution is 2.29. The first-order valence-corrected chi connectivity index (χ1v) is 6.98. The molecular formula is C10H11F3N2O5S. The Morgan fingerprint density at radius 3 is 2.48 bits per heavy atom. The van der Waals surface area contributed by atoms with Crippen LogP contribution in [0.25, 0.3) is 0 Å². The lowest BCUT2D eigenvalue weighted by atomic mass is 10.3. The van der Waals surface area contributed by atoms with Crippen molar-refractivity contribution in [2.24, 2.45) is 0 Å². The van der Waals surface area contributed by atoms with Crippen molar-refractivity contribution in [1.29, 1.82) is 0 Å². The number of hydrogen-bond donors (Lipinski definition) is 1. The largest absolute Gasteiger partial charge is 0.395 e. The van der Waals surface area contributed by atoms with Gasteiger partial charge in [0.2, 0.25) is 15.8 Å². The van der Waals surface area contributed by atoms with Crippen molar-refractivity contribution in [2.45, 2.75) is 11.3 Å². The topological polar surface area (TPSA) is 101 Å². The standard InChI is InChI=1S/C10H11F3N2O5S/c11-7-2-1-3-8(10(7)15(17)18)21(19,20)14(4-5-16)6-9(12)13/h1-3,9,16H,4-6H2. The summed E-state index contributed by atoms with van der Waals surface area (Å²) >= 11 is 0. The maximum absolute atomic E-state index is 13.4. The molecule has 0 spiro atoms. The van der Waals surface area contributed by atoms with Crippen LogP contribution in [0.3, 0.4) is 0 Å². The van der Waals surface area contributed by atoms with Crippen LogP contribution in [0.5, 0.6) is 0 Å². The van der Waals surface area contributed by atoms with E-state index in [0.29, 0.717) is 6.07 Å². The van der Waals surface area contributed by atoms with E-state index in [0.717, 1.165) is 12.1 Å². The number of sulfonamides is 1. The number of aliphatic hydroxyl groups is 1. The van der Waals surface area contributed by atoms with Gasteiger partial charge < -0.3 is 5.11 Å². The minimum Gasteiger partial charge on any atom is -0.395 e. The van der Waals surface area contributed by atoms with Gasteiger partial charge in [-0.1, -0.05) is 6.07 Å². The highest BCUT2D eigenvalue weighted by atomic mass is 32.2. The molecule has 1 aromatic rings. The van der Waals surface area contributed by atoms with Crippen LogP contribution in [-0.2, 0) is 10.0 Å². The van der Waals surface area contributed by atoms with Gasteiger partial charge in [-0.2, -0.15) is 8.70 Å². The monoisotopic (exact) mass is 328 g/mol. The van der Waals surface area contributed by atoms with Crippen molar-refractivity contribution >= 4 is 15.7 Å². The summed E-state index contributed by atoms with van der Waals surface area (Å²) < 4.78 is 62.7. The van der Waals surface area contributed by atoms with E-state index in [1.807, 2.05) is 0 Å². The maximum atomic E-state index is 13.4. The van der Waals surface area contributed by atoms with E-state index in [2.05, 4.69) is 0 Å². The first-order chi connectivity index (χ1) is 9.71. The van der Waals surface area contributed by atoms with Crippen molar-refractivity contribution in [1.82, 2.24) is 4.31 Å². The summed E-state index contributed by atoms with van der Waals surface area (Å²) in [6, 6.07) is 2.34. The predicted molar refractivity (Wildman–Crippen MR) is 64.9 cm³/mol. The summed E-state index contributed by atoms with van der Waals surface area (Å²) in [6.45, 7) is -2.73. The molecule has 0 atom stereocenters. The molecule has 118 valence electrons.